The minimum absolute atomic E-state index is 0.139. The van der Waals surface area contributed by atoms with Gasteiger partial charge in [-0.15, -0.1) is 0 Å². The van der Waals surface area contributed by atoms with Crippen molar-refractivity contribution < 1.29 is 9.90 Å². The van der Waals surface area contributed by atoms with E-state index in [0.717, 1.165) is 54.9 Å². The summed E-state index contributed by atoms with van der Waals surface area (Å²) in [6.45, 7) is 4.15. The maximum absolute atomic E-state index is 11.5. The molecular weight excluding hydrogens is 560 g/mol. The number of aryl methyl sites for hydroxylation is 2. The number of fused-ring (bicyclic) bond motifs is 1. The zero-order valence-electron chi connectivity index (χ0n) is 22.9. The number of aromatic nitrogens is 1. The second-order valence-corrected chi connectivity index (χ2v) is 11.6. The molecule has 0 fully saturated rings. The van der Waals surface area contributed by atoms with Crippen LogP contribution in [0.15, 0.2) is 114 Å². The number of nitrogens with zero attached hydrogens (tertiary/aromatic N) is 2. The summed E-state index contributed by atoms with van der Waals surface area (Å²) < 4.78 is 2.25. The van der Waals surface area contributed by atoms with E-state index in [1.165, 1.54) is 11.6 Å². The van der Waals surface area contributed by atoms with E-state index >= 15 is 0 Å². The van der Waals surface area contributed by atoms with Crippen LogP contribution in [-0.2, 0) is 0 Å². The molecule has 204 valence electrons. The quantitative estimate of drug-likeness (QED) is 0.211. The number of carboxylic acids is 1. The summed E-state index contributed by atoms with van der Waals surface area (Å²) in [5.41, 5.74) is 9.45. The molecular formula is C36H25ClN2O2S. The molecule has 0 bridgehead atoms. The van der Waals surface area contributed by atoms with Crippen molar-refractivity contribution in [3.8, 4) is 39.6 Å². The molecule has 0 amide bonds. The Balaban J connectivity index is 1.66. The van der Waals surface area contributed by atoms with Crippen molar-refractivity contribution in [3.63, 3.8) is 0 Å². The van der Waals surface area contributed by atoms with E-state index in [1.807, 2.05) is 36.4 Å². The van der Waals surface area contributed by atoms with Gasteiger partial charge in [0, 0.05) is 37.6 Å². The number of hydrogen-bond acceptors (Lipinski definition) is 3. The number of rotatable bonds is 6. The van der Waals surface area contributed by atoms with E-state index in [9.17, 15) is 15.2 Å². The first-order valence-corrected chi connectivity index (χ1v) is 14.5. The van der Waals surface area contributed by atoms with Crippen LogP contribution >= 0.6 is 23.5 Å². The van der Waals surface area contributed by atoms with Crippen LogP contribution < -0.4 is 0 Å². The highest BCUT2D eigenvalue weighted by Crippen LogP contribution is 2.46. The molecule has 0 aliphatic carbocycles. The van der Waals surface area contributed by atoms with E-state index in [0.29, 0.717) is 10.6 Å². The van der Waals surface area contributed by atoms with Gasteiger partial charge in [-0.25, -0.2) is 4.79 Å². The van der Waals surface area contributed by atoms with E-state index in [4.69, 9.17) is 11.6 Å². The van der Waals surface area contributed by atoms with Crippen LogP contribution in [0.3, 0.4) is 0 Å². The van der Waals surface area contributed by atoms with Crippen molar-refractivity contribution in [2.45, 2.75) is 18.7 Å². The van der Waals surface area contributed by atoms with Crippen molar-refractivity contribution in [1.82, 2.24) is 3.97 Å². The number of nitriles is 1. The van der Waals surface area contributed by atoms with Crippen LogP contribution in [0.1, 0.15) is 27.0 Å². The lowest BCUT2D eigenvalue weighted by atomic mass is 9.93. The highest BCUT2D eigenvalue weighted by molar-refractivity contribution is 7.98. The fourth-order valence-electron chi connectivity index (χ4n) is 5.23. The summed E-state index contributed by atoms with van der Waals surface area (Å²) in [6.07, 6.45) is 0. The van der Waals surface area contributed by atoms with Gasteiger partial charge in [-0.2, -0.15) is 5.26 Å². The van der Waals surface area contributed by atoms with Crippen molar-refractivity contribution in [1.29, 1.82) is 5.26 Å². The van der Waals surface area contributed by atoms with Crippen LogP contribution in [0.2, 0.25) is 5.02 Å². The zero-order valence-corrected chi connectivity index (χ0v) is 24.5. The SMILES string of the molecule is Cc1ccc(Sn2c(-c3cccc(-c4ccc(C(=O)O)cc4Cl)c3)c(-c3ccccc3C#N)c3cc(C)ccc32)cc1. The first kappa shape index (κ1) is 27.4. The number of hydrogen-bond donors (Lipinski definition) is 1. The lowest BCUT2D eigenvalue weighted by Gasteiger charge is -2.15. The molecule has 4 nitrogen and oxygen atoms in total. The van der Waals surface area contributed by atoms with Gasteiger partial charge in [-0.1, -0.05) is 83.4 Å². The largest absolute Gasteiger partial charge is 0.478 e. The third-order valence-electron chi connectivity index (χ3n) is 7.28. The third-order valence-corrected chi connectivity index (χ3v) is 8.64. The van der Waals surface area contributed by atoms with E-state index < -0.39 is 5.97 Å². The van der Waals surface area contributed by atoms with Crippen molar-refractivity contribution in [3.05, 3.63) is 136 Å². The van der Waals surface area contributed by atoms with Gasteiger partial charge >= 0.3 is 5.97 Å². The molecule has 6 heteroatoms. The molecule has 0 atom stereocenters. The number of carbonyl (C=O) groups is 1. The molecule has 0 saturated carbocycles. The molecule has 1 heterocycles. The molecule has 0 saturated heterocycles. The minimum atomic E-state index is -1.02. The Hall–Kier alpha value is -4.76. The van der Waals surface area contributed by atoms with Gasteiger partial charge in [0.15, 0.2) is 0 Å². The van der Waals surface area contributed by atoms with Crippen LogP contribution in [-0.4, -0.2) is 15.0 Å². The van der Waals surface area contributed by atoms with Gasteiger partial charge in [0.1, 0.15) is 0 Å². The van der Waals surface area contributed by atoms with E-state index in [1.54, 1.807) is 24.1 Å². The average molecular weight is 585 g/mol. The fraction of sp³-hybridized carbons (Fsp3) is 0.0556. The molecule has 1 N–H and O–H groups in total. The molecule has 0 aliphatic heterocycles. The molecule has 6 aromatic rings. The number of halogens is 1. The Morgan fingerprint density at radius 1 is 0.810 bits per heavy atom. The molecule has 0 radical (unpaired) electrons. The molecule has 0 aliphatic rings. The Morgan fingerprint density at radius 2 is 1.55 bits per heavy atom. The monoisotopic (exact) mass is 584 g/mol. The third kappa shape index (κ3) is 5.07. The number of benzene rings is 5. The van der Waals surface area contributed by atoms with Gasteiger partial charge in [-0.3, -0.25) is 3.97 Å². The van der Waals surface area contributed by atoms with Gasteiger partial charge in [-0.05, 0) is 79.9 Å². The van der Waals surface area contributed by atoms with Gasteiger partial charge < -0.3 is 5.11 Å². The van der Waals surface area contributed by atoms with Crippen molar-refractivity contribution in [2.24, 2.45) is 0 Å². The minimum Gasteiger partial charge on any atom is -0.478 e. The second-order valence-electron chi connectivity index (χ2n) is 10.2. The summed E-state index contributed by atoms with van der Waals surface area (Å²) in [6, 6.07) is 37.9. The van der Waals surface area contributed by atoms with Gasteiger partial charge in [0.2, 0.25) is 0 Å². The molecule has 6 rings (SSSR count). The number of aromatic carboxylic acids is 1. The fourth-order valence-corrected chi connectivity index (χ4v) is 6.53. The lowest BCUT2D eigenvalue weighted by molar-refractivity contribution is 0.0697. The zero-order chi connectivity index (χ0) is 29.4. The first-order chi connectivity index (χ1) is 20.3. The topological polar surface area (TPSA) is 66.0 Å². The predicted octanol–water partition coefficient (Wildman–Crippen LogP) is 10.0. The molecule has 5 aromatic carbocycles. The summed E-state index contributed by atoms with van der Waals surface area (Å²) in [4.78, 5) is 12.6. The average Bonchev–Trinajstić information content (AvgIpc) is 3.30. The van der Waals surface area contributed by atoms with Gasteiger partial charge in [0.05, 0.1) is 28.4 Å². The Labute approximate surface area is 253 Å². The maximum atomic E-state index is 11.5. The highest BCUT2D eigenvalue weighted by atomic mass is 35.5. The van der Waals surface area contributed by atoms with Crippen LogP contribution in [0.25, 0.3) is 44.4 Å². The van der Waals surface area contributed by atoms with Crippen molar-refractivity contribution >= 4 is 40.4 Å². The molecule has 0 spiro atoms. The predicted molar refractivity (Wildman–Crippen MR) is 172 cm³/mol. The normalized spacial score (nSPS) is 11.0. The van der Waals surface area contributed by atoms with Crippen LogP contribution in [0.4, 0.5) is 0 Å². The Morgan fingerprint density at radius 3 is 2.29 bits per heavy atom. The van der Waals surface area contributed by atoms with Crippen LogP contribution in [0, 0.1) is 25.2 Å². The highest BCUT2D eigenvalue weighted by Gasteiger charge is 2.23. The Bertz CT molecular complexity index is 2040. The summed E-state index contributed by atoms with van der Waals surface area (Å²) in [5.74, 6) is -1.02. The smallest absolute Gasteiger partial charge is 0.335 e. The lowest BCUT2D eigenvalue weighted by Crippen LogP contribution is -1.96. The molecule has 0 unspecified atom stereocenters. The summed E-state index contributed by atoms with van der Waals surface area (Å²) in [5, 5.41) is 20.9. The maximum Gasteiger partial charge on any atom is 0.335 e. The second kappa shape index (κ2) is 11.3. The van der Waals surface area contributed by atoms with Gasteiger partial charge in [0.25, 0.3) is 0 Å². The summed E-state index contributed by atoms with van der Waals surface area (Å²) in [7, 11) is 0. The molecule has 1 aromatic heterocycles. The summed E-state index contributed by atoms with van der Waals surface area (Å²) >= 11 is 8.23. The van der Waals surface area contributed by atoms with Crippen LogP contribution in [0.5, 0.6) is 0 Å². The number of carboxylic acid groups (broad SMARTS) is 1. The van der Waals surface area contributed by atoms with E-state index in [2.05, 4.69) is 78.5 Å². The first-order valence-electron chi connectivity index (χ1n) is 13.4. The molecule has 42 heavy (non-hydrogen) atoms. The standard InChI is InChI=1S/C36H25ClN2O2S/c1-22-10-14-28(15-11-22)42-39-33-17-12-23(2)18-31(33)34(30-9-4-3-6-27(30)21-38)35(39)25-8-5-7-24(19-25)29-16-13-26(36(40)41)20-32(29)37/h3-20H,1-2H3,(H,40,41). The van der Waals surface area contributed by atoms with E-state index in [-0.39, 0.29) is 5.56 Å². The Kier molecular flexibility index (Phi) is 7.34. The van der Waals surface area contributed by atoms with Crippen molar-refractivity contribution in [2.75, 3.05) is 0 Å².